The van der Waals surface area contributed by atoms with E-state index in [2.05, 4.69) is 20.3 Å². The summed E-state index contributed by atoms with van der Waals surface area (Å²) in [7, 11) is 0. The fourth-order valence-electron chi connectivity index (χ4n) is 2.28. The molecule has 0 spiro atoms. The number of nitrogens with one attached hydrogen (secondary N) is 1. The van der Waals surface area contributed by atoms with E-state index >= 15 is 0 Å². The molecule has 1 N–H and O–H groups in total. The molecule has 7 heteroatoms. The zero-order valence-electron chi connectivity index (χ0n) is 14.2. The topological polar surface area (TPSA) is 77.0 Å². The molecule has 6 nitrogen and oxygen atoms in total. The van der Waals surface area contributed by atoms with E-state index in [4.69, 9.17) is 4.74 Å². The lowest BCUT2D eigenvalue weighted by Gasteiger charge is -2.06. The molecule has 0 radical (unpaired) electrons. The first kappa shape index (κ1) is 17.0. The summed E-state index contributed by atoms with van der Waals surface area (Å²) in [6, 6.07) is 9.74. The van der Waals surface area contributed by atoms with Crippen molar-refractivity contribution in [2.24, 2.45) is 0 Å². The summed E-state index contributed by atoms with van der Waals surface area (Å²) in [6.07, 6.45) is 1.67. The van der Waals surface area contributed by atoms with Crippen molar-refractivity contribution in [3.63, 3.8) is 0 Å². The number of carbonyl (C=O) groups excluding carboxylic acids is 1. The van der Waals surface area contributed by atoms with Gasteiger partial charge in [-0.15, -0.1) is 11.3 Å². The van der Waals surface area contributed by atoms with Crippen molar-refractivity contribution >= 4 is 28.9 Å². The highest BCUT2D eigenvalue weighted by Crippen LogP contribution is 2.28. The molecule has 128 valence electrons. The van der Waals surface area contributed by atoms with Gasteiger partial charge >= 0.3 is 5.97 Å². The molecule has 0 aliphatic heterocycles. The molecule has 3 rings (SSSR count). The van der Waals surface area contributed by atoms with Crippen LogP contribution in [0.15, 0.2) is 36.5 Å². The van der Waals surface area contributed by atoms with E-state index in [1.54, 1.807) is 26.1 Å². The molecule has 0 saturated carbocycles. The number of hydrogen-bond donors (Lipinski definition) is 1. The summed E-state index contributed by atoms with van der Waals surface area (Å²) < 4.78 is 5.06. The number of rotatable bonds is 5. The van der Waals surface area contributed by atoms with Gasteiger partial charge in [-0.25, -0.2) is 19.7 Å². The van der Waals surface area contributed by atoms with Gasteiger partial charge in [0.1, 0.15) is 15.6 Å². The first-order valence-electron chi connectivity index (χ1n) is 7.88. The predicted octanol–water partition coefficient (Wildman–Crippen LogP) is 4.14. The van der Waals surface area contributed by atoms with Crippen LogP contribution in [0.1, 0.15) is 27.9 Å². The zero-order valence-corrected chi connectivity index (χ0v) is 15.1. The average molecular weight is 354 g/mol. The Morgan fingerprint density at radius 3 is 2.84 bits per heavy atom. The number of hydrogen-bond acceptors (Lipinski definition) is 7. The van der Waals surface area contributed by atoms with Crippen LogP contribution in [0.25, 0.3) is 10.7 Å². The number of aromatic nitrogens is 3. The Kier molecular flexibility index (Phi) is 5.04. The normalized spacial score (nSPS) is 10.5. The summed E-state index contributed by atoms with van der Waals surface area (Å²) >= 11 is 1.27. The van der Waals surface area contributed by atoms with Gasteiger partial charge in [0, 0.05) is 11.9 Å². The summed E-state index contributed by atoms with van der Waals surface area (Å²) in [5.41, 5.74) is 3.37. The minimum Gasteiger partial charge on any atom is -0.462 e. The smallest absolute Gasteiger partial charge is 0.350 e. The molecule has 2 aromatic heterocycles. The Hall–Kier alpha value is -2.80. The van der Waals surface area contributed by atoms with Crippen LogP contribution in [0.4, 0.5) is 11.6 Å². The second-order valence-corrected chi connectivity index (χ2v) is 6.41. The molecule has 2 heterocycles. The third kappa shape index (κ3) is 4.00. The Bertz CT molecular complexity index is 908. The van der Waals surface area contributed by atoms with Crippen LogP contribution in [-0.4, -0.2) is 27.5 Å². The standard InChI is InChI=1S/C18H18N4O2S/c1-4-24-17(23)15-12(3)20-16(25-15)14-8-9-19-18(22-14)21-13-7-5-6-11(2)10-13/h5-10H,4H2,1-3H3,(H,19,21,22). The molecule has 0 fully saturated rings. The maximum Gasteiger partial charge on any atom is 0.350 e. The lowest BCUT2D eigenvalue weighted by molar-refractivity contribution is 0.0531. The van der Waals surface area contributed by atoms with Crippen LogP contribution in [0.2, 0.25) is 0 Å². The van der Waals surface area contributed by atoms with Gasteiger partial charge in [0.15, 0.2) is 0 Å². The SMILES string of the molecule is CCOC(=O)c1sc(-c2ccnc(Nc3cccc(C)c3)n2)nc1C. The molecule has 0 unspecified atom stereocenters. The third-order valence-electron chi connectivity index (χ3n) is 3.41. The minimum absolute atomic E-state index is 0.337. The van der Waals surface area contributed by atoms with E-state index in [9.17, 15) is 4.79 Å². The lowest BCUT2D eigenvalue weighted by atomic mass is 10.2. The summed E-state index contributed by atoms with van der Waals surface area (Å²) in [6.45, 7) is 5.93. The van der Waals surface area contributed by atoms with E-state index in [1.807, 2.05) is 31.2 Å². The second-order valence-electron chi connectivity index (χ2n) is 5.41. The first-order valence-corrected chi connectivity index (χ1v) is 8.70. The van der Waals surface area contributed by atoms with Gasteiger partial charge in [0.05, 0.1) is 12.3 Å². The van der Waals surface area contributed by atoms with Crippen LogP contribution in [0.3, 0.4) is 0 Å². The molecule has 0 saturated heterocycles. The van der Waals surface area contributed by atoms with Gasteiger partial charge in [-0.3, -0.25) is 0 Å². The van der Waals surface area contributed by atoms with Gasteiger partial charge in [-0.2, -0.15) is 0 Å². The Labute approximate surface area is 149 Å². The number of aryl methyl sites for hydroxylation is 2. The zero-order chi connectivity index (χ0) is 17.8. The Morgan fingerprint density at radius 1 is 1.24 bits per heavy atom. The minimum atomic E-state index is -0.351. The van der Waals surface area contributed by atoms with Gasteiger partial charge in [-0.1, -0.05) is 12.1 Å². The summed E-state index contributed by atoms with van der Waals surface area (Å²) in [5.74, 6) is 0.129. The molecule has 1 aromatic carbocycles. The van der Waals surface area contributed by atoms with Crippen LogP contribution in [0.5, 0.6) is 0 Å². The number of benzene rings is 1. The van der Waals surface area contributed by atoms with Crippen molar-refractivity contribution in [3.8, 4) is 10.7 Å². The lowest BCUT2D eigenvalue weighted by Crippen LogP contribution is -2.03. The summed E-state index contributed by atoms with van der Waals surface area (Å²) in [4.78, 5) is 25.7. The monoisotopic (exact) mass is 354 g/mol. The number of nitrogens with zero attached hydrogens (tertiary/aromatic N) is 3. The predicted molar refractivity (Wildman–Crippen MR) is 98.3 cm³/mol. The van der Waals surface area contributed by atoms with Crippen LogP contribution in [0, 0.1) is 13.8 Å². The van der Waals surface area contributed by atoms with Gasteiger partial charge in [0.25, 0.3) is 0 Å². The Balaban J connectivity index is 1.86. The fourth-order valence-corrected chi connectivity index (χ4v) is 3.21. The molecule has 0 aliphatic rings. The van der Waals surface area contributed by atoms with Crippen LogP contribution in [-0.2, 0) is 4.74 Å². The number of carbonyl (C=O) groups is 1. The highest BCUT2D eigenvalue weighted by molar-refractivity contribution is 7.17. The molecule has 0 aliphatic carbocycles. The van der Waals surface area contributed by atoms with E-state index in [0.29, 0.717) is 33.8 Å². The van der Waals surface area contributed by atoms with Crippen molar-refractivity contribution in [1.82, 2.24) is 15.0 Å². The van der Waals surface area contributed by atoms with Crippen molar-refractivity contribution in [3.05, 3.63) is 52.7 Å². The van der Waals surface area contributed by atoms with Gasteiger partial charge in [-0.05, 0) is 44.5 Å². The molecule has 3 aromatic rings. The third-order valence-corrected chi connectivity index (χ3v) is 4.57. The number of anilines is 2. The molecule has 0 atom stereocenters. The highest BCUT2D eigenvalue weighted by Gasteiger charge is 2.18. The Morgan fingerprint density at radius 2 is 2.08 bits per heavy atom. The first-order chi connectivity index (χ1) is 12.1. The molecule has 0 amide bonds. The molecular weight excluding hydrogens is 336 g/mol. The maximum absolute atomic E-state index is 12.0. The highest BCUT2D eigenvalue weighted by atomic mass is 32.1. The van der Waals surface area contributed by atoms with Gasteiger partial charge < -0.3 is 10.1 Å². The van der Waals surface area contributed by atoms with Crippen molar-refractivity contribution in [2.45, 2.75) is 20.8 Å². The summed E-state index contributed by atoms with van der Waals surface area (Å²) in [5, 5.41) is 3.84. The van der Waals surface area contributed by atoms with Crippen molar-refractivity contribution in [1.29, 1.82) is 0 Å². The maximum atomic E-state index is 12.0. The van der Waals surface area contributed by atoms with E-state index in [1.165, 1.54) is 11.3 Å². The number of ether oxygens (including phenoxy) is 1. The van der Waals surface area contributed by atoms with E-state index in [-0.39, 0.29) is 5.97 Å². The van der Waals surface area contributed by atoms with Crippen LogP contribution >= 0.6 is 11.3 Å². The van der Waals surface area contributed by atoms with Gasteiger partial charge in [0.2, 0.25) is 5.95 Å². The number of esters is 1. The average Bonchev–Trinajstić information content (AvgIpc) is 2.97. The quantitative estimate of drug-likeness (QED) is 0.694. The van der Waals surface area contributed by atoms with Crippen LogP contribution < -0.4 is 5.32 Å². The molecule has 25 heavy (non-hydrogen) atoms. The van der Waals surface area contributed by atoms with E-state index in [0.717, 1.165) is 11.3 Å². The van der Waals surface area contributed by atoms with E-state index < -0.39 is 0 Å². The van der Waals surface area contributed by atoms with Crippen molar-refractivity contribution in [2.75, 3.05) is 11.9 Å². The molecule has 0 bridgehead atoms. The van der Waals surface area contributed by atoms with Crippen molar-refractivity contribution < 1.29 is 9.53 Å². The molecular formula is C18H18N4O2S. The second kappa shape index (κ2) is 7.40. The number of thiazole rings is 1. The largest absolute Gasteiger partial charge is 0.462 e. The fraction of sp³-hybridized carbons (Fsp3) is 0.222.